The van der Waals surface area contributed by atoms with Crippen LogP contribution in [0.5, 0.6) is 5.75 Å². The summed E-state index contributed by atoms with van der Waals surface area (Å²) in [5.74, 6) is -0.415. The van der Waals surface area contributed by atoms with E-state index in [1.165, 1.54) is 17.8 Å². The minimum atomic E-state index is -0.723. The number of nitro groups is 1. The fourth-order valence-electron chi connectivity index (χ4n) is 3.31. The third-order valence-corrected chi connectivity index (χ3v) is 6.11. The summed E-state index contributed by atoms with van der Waals surface area (Å²) in [7, 11) is 0. The van der Waals surface area contributed by atoms with E-state index >= 15 is 0 Å². The van der Waals surface area contributed by atoms with Gasteiger partial charge < -0.3 is 4.74 Å². The number of nitroso groups, excluding NO2 is 1. The van der Waals surface area contributed by atoms with Crippen LogP contribution in [0.3, 0.4) is 0 Å². The first-order valence-corrected chi connectivity index (χ1v) is 10.8. The van der Waals surface area contributed by atoms with Gasteiger partial charge in [0, 0.05) is 6.07 Å². The van der Waals surface area contributed by atoms with Crippen LogP contribution in [0.1, 0.15) is 41.8 Å². The van der Waals surface area contributed by atoms with Crippen LogP contribution in [0.25, 0.3) is 0 Å². The molecule has 11 heteroatoms. The number of hydrogen-bond acceptors (Lipinski definition) is 8. The van der Waals surface area contributed by atoms with Crippen LogP contribution in [0, 0.1) is 21.9 Å². The predicted molar refractivity (Wildman–Crippen MR) is 120 cm³/mol. The van der Waals surface area contributed by atoms with Crippen LogP contribution in [-0.4, -0.2) is 34.1 Å². The van der Waals surface area contributed by atoms with Gasteiger partial charge >= 0.3 is 0 Å². The SMILES string of the molecule is Cc1cc(OCC(=O)NN2C(=O)CSC2c2ccccc2[N+](=O)[O-])c(C(C)C)cc1N=O. The standard InChI is InChI=1S/C21H22N4O6S/c1-12(2)15-9-16(23-28)13(3)8-18(15)31-10-19(26)22-24-20(27)11-32-21(24)14-6-4-5-7-17(14)25(29)30/h4-9,12,21H,10-11H2,1-3H3,(H,22,26). The minimum Gasteiger partial charge on any atom is -0.483 e. The molecule has 1 N–H and O–H groups in total. The van der Waals surface area contributed by atoms with Crippen molar-refractivity contribution in [3.8, 4) is 5.75 Å². The molecule has 0 spiro atoms. The molecule has 1 saturated heterocycles. The van der Waals surface area contributed by atoms with E-state index in [0.717, 1.165) is 10.6 Å². The fourth-order valence-corrected chi connectivity index (χ4v) is 4.45. The average molecular weight is 458 g/mol. The molecule has 32 heavy (non-hydrogen) atoms. The van der Waals surface area contributed by atoms with Gasteiger partial charge in [0.05, 0.1) is 16.2 Å². The highest BCUT2D eigenvalue weighted by Gasteiger charge is 2.37. The smallest absolute Gasteiger partial charge is 0.276 e. The normalized spacial score (nSPS) is 15.7. The van der Waals surface area contributed by atoms with E-state index in [0.29, 0.717) is 22.6 Å². The highest BCUT2D eigenvalue weighted by Crippen LogP contribution is 2.41. The number of nitro benzene ring substituents is 1. The molecule has 1 fully saturated rings. The molecule has 1 aliphatic heterocycles. The molecule has 1 aliphatic rings. The van der Waals surface area contributed by atoms with Crippen LogP contribution in [-0.2, 0) is 9.59 Å². The number of thioether (sulfide) groups is 1. The van der Waals surface area contributed by atoms with E-state index in [1.54, 1.807) is 37.3 Å². The summed E-state index contributed by atoms with van der Waals surface area (Å²) in [4.78, 5) is 46.7. The van der Waals surface area contributed by atoms with Crippen molar-refractivity contribution in [2.75, 3.05) is 12.4 Å². The maximum absolute atomic E-state index is 12.6. The van der Waals surface area contributed by atoms with Crippen molar-refractivity contribution in [2.24, 2.45) is 5.18 Å². The monoisotopic (exact) mass is 458 g/mol. The van der Waals surface area contributed by atoms with Crippen LogP contribution < -0.4 is 10.2 Å². The number of benzene rings is 2. The van der Waals surface area contributed by atoms with E-state index < -0.39 is 16.2 Å². The third kappa shape index (κ3) is 4.88. The van der Waals surface area contributed by atoms with Crippen molar-refractivity contribution in [1.29, 1.82) is 0 Å². The largest absolute Gasteiger partial charge is 0.483 e. The summed E-state index contributed by atoms with van der Waals surface area (Å²) in [5, 5.41) is 14.8. The Bertz CT molecular complexity index is 1070. The predicted octanol–water partition coefficient (Wildman–Crippen LogP) is 4.11. The first-order valence-electron chi connectivity index (χ1n) is 9.80. The van der Waals surface area contributed by atoms with Crippen molar-refractivity contribution in [2.45, 2.75) is 32.1 Å². The lowest BCUT2D eigenvalue weighted by atomic mass is 9.99. The molecule has 0 radical (unpaired) electrons. The average Bonchev–Trinajstić information content (AvgIpc) is 3.11. The molecule has 2 amide bonds. The number of rotatable bonds is 8. The summed E-state index contributed by atoms with van der Waals surface area (Å²) in [6.45, 7) is 5.17. The van der Waals surface area contributed by atoms with Gasteiger partial charge in [-0.05, 0) is 47.3 Å². The zero-order chi connectivity index (χ0) is 23.4. The number of carbonyl (C=O) groups is 2. The number of hydrazine groups is 1. The van der Waals surface area contributed by atoms with Crippen molar-refractivity contribution < 1.29 is 19.2 Å². The molecule has 0 aliphatic carbocycles. The Hall–Kier alpha value is -3.47. The van der Waals surface area contributed by atoms with Crippen LogP contribution >= 0.6 is 11.8 Å². The lowest BCUT2D eigenvalue weighted by Gasteiger charge is -2.24. The van der Waals surface area contributed by atoms with Gasteiger partial charge in [-0.15, -0.1) is 16.7 Å². The van der Waals surface area contributed by atoms with Gasteiger partial charge in [-0.25, -0.2) is 5.01 Å². The Morgan fingerprint density at radius 2 is 2.09 bits per heavy atom. The van der Waals surface area contributed by atoms with Gasteiger partial charge in [-0.1, -0.05) is 26.0 Å². The number of aryl methyl sites for hydroxylation is 1. The fraction of sp³-hybridized carbons (Fsp3) is 0.333. The quantitative estimate of drug-likeness (QED) is 0.358. The second-order valence-corrected chi connectivity index (χ2v) is 8.56. The summed E-state index contributed by atoms with van der Waals surface area (Å²) in [6, 6.07) is 9.37. The summed E-state index contributed by atoms with van der Waals surface area (Å²) < 4.78 is 5.68. The van der Waals surface area contributed by atoms with Crippen LogP contribution in [0.2, 0.25) is 0 Å². The molecule has 0 bridgehead atoms. The Balaban J connectivity index is 1.75. The Labute approximate surface area is 188 Å². The first-order chi connectivity index (χ1) is 15.2. The summed E-state index contributed by atoms with van der Waals surface area (Å²) in [6.07, 6.45) is 0. The van der Waals surface area contributed by atoms with Gasteiger partial charge in [0.25, 0.3) is 17.5 Å². The Kier molecular flexibility index (Phi) is 7.08. The molecule has 3 rings (SSSR count). The highest BCUT2D eigenvalue weighted by atomic mass is 32.2. The van der Waals surface area contributed by atoms with E-state index in [4.69, 9.17) is 4.74 Å². The molecular weight excluding hydrogens is 436 g/mol. The van der Waals surface area contributed by atoms with E-state index in [2.05, 4.69) is 10.6 Å². The Morgan fingerprint density at radius 3 is 2.75 bits per heavy atom. The van der Waals surface area contributed by atoms with Gasteiger partial charge in [0.2, 0.25) is 0 Å². The van der Waals surface area contributed by atoms with Crippen LogP contribution in [0.4, 0.5) is 11.4 Å². The Morgan fingerprint density at radius 1 is 1.38 bits per heavy atom. The number of para-hydroxylation sites is 1. The van der Waals surface area contributed by atoms with E-state index in [-0.39, 0.29) is 29.9 Å². The number of ether oxygens (including phenoxy) is 1. The molecule has 168 valence electrons. The van der Waals surface area contributed by atoms with Crippen molar-refractivity contribution in [3.05, 3.63) is 68.1 Å². The summed E-state index contributed by atoms with van der Waals surface area (Å²) >= 11 is 1.19. The lowest BCUT2D eigenvalue weighted by Crippen LogP contribution is -2.46. The summed E-state index contributed by atoms with van der Waals surface area (Å²) in [5.41, 5.74) is 4.34. The van der Waals surface area contributed by atoms with Gasteiger partial charge in [0.15, 0.2) is 6.61 Å². The van der Waals surface area contributed by atoms with Crippen molar-refractivity contribution >= 4 is 35.0 Å². The molecular formula is C21H22N4O6S. The number of nitrogens with one attached hydrogen (secondary N) is 1. The molecule has 0 saturated carbocycles. The van der Waals surface area contributed by atoms with E-state index in [9.17, 15) is 24.6 Å². The van der Waals surface area contributed by atoms with Gasteiger partial charge in [0.1, 0.15) is 16.8 Å². The number of amides is 2. The van der Waals surface area contributed by atoms with Gasteiger partial charge in [-0.3, -0.25) is 25.1 Å². The zero-order valence-electron chi connectivity index (χ0n) is 17.7. The van der Waals surface area contributed by atoms with Gasteiger partial charge in [-0.2, -0.15) is 0 Å². The first kappa shape index (κ1) is 23.2. The molecule has 2 aromatic rings. The lowest BCUT2D eigenvalue weighted by molar-refractivity contribution is -0.385. The highest BCUT2D eigenvalue weighted by molar-refractivity contribution is 8.00. The van der Waals surface area contributed by atoms with Crippen molar-refractivity contribution in [1.82, 2.24) is 10.4 Å². The van der Waals surface area contributed by atoms with E-state index in [1.807, 2.05) is 13.8 Å². The minimum absolute atomic E-state index is 0.0220. The molecule has 1 atom stereocenters. The topological polar surface area (TPSA) is 131 Å². The molecule has 1 heterocycles. The number of nitrogens with zero attached hydrogens (tertiary/aromatic N) is 3. The number of carbonyl (C=O) groups excluding carboxylic acids is 2. The molecule has 1 unspecified atom stereocenters. The third-order valence-electron chi connectivity index (χ3n) is 4.92. The maximum atomic E-state index is 12.6. The zero-order valence-corrected chi connectivity index (χ0v) is 18.5. The molecule has 2 aromatic carbocycles. The molecule has 10 nitrogen and oxygen atoms in total. The second kappa shape index (κ2) is 9.77. The van der Waals surface area contributed by atoms with Crippen molar-refractivity contribution in [3.63, 3.8) is 0 Å². The second-order valence-electron chi connectivity index (χ2n) is 7.49. The van der Waals surface area contributed by atoms with Crippen LogP contribution in [0.15, 0.2) is 41.6 Å². The molecule has 0 aromatic heterocycles. The maximum Gasteiger partial charge on any atom is 0.276 e. The number of hydrogen-bond donors (Lipinski definition) is 1.